The van der Waals surface area contributed by atoms with Crippen molar-refractivity contribution in [3.63, 3.8) is 0 Å². The number of benzene rings is 2. The molecule has 0 radical (unpaired) electrons. The van der Waals surface area contributed by atoms with Crippen molar-refractivity contribution >= 4 is 23.3 Å². The van der Waals surface area contributed by atoms with Crippen molar-refractivity contribution in [2.24, 2.45) is 0 Å². The topological polar surface area (TPSA) is 65.5 Å². The number of carbonyl (C=O) groups is 2. The van der Waals surface area contributed by atoms with E-state index in [0.717, 1.165) is 0 Å². The Balaban J connectivity index is 1.36. The fraction of sp³-hybridized carbons (Fsp3) is 0.174. The van der Waals surface area contributed by atoms with Gasteiger partial charge in [0.05, 0.1) is 17.4 Å². The van der Waals surface area contributed by atoms with Gasteiger partial charge in [-0.3, -0.25) is 9.59 Å². The molecule has 0 saturated carbocycles. The number of halogens is 4. The van der Waals surface area contributed by atoms with Gasteiger partial charge >= 0.3 is 0 Å². The highest BCUT2D eigenvalue weighted by molar-refractivity contribution is 6.04. The lowest BCUT2D eigenvalue weighted by Gasteiger charge is -2.35. The number of nitrogens with one attached hydrogen (secondary N) is 1. The first-order valence-electron chi connectivity index (χ1n) is 10.0. The minimum absolute atomic E-state index is 0.209. The van der Waals surface area contributed by atoms with Crippen molar-refractivity contribution in [3.05, 3.63) is 89.1 Å². The van der Waals surface area contributed by atoms with Crippen molar-refractivity contribution in [3.8, 4) is 0 Å². The molecule has 1 aliphatic rings. The zero-order chi connectivity index (χ0) is 23.5. The lowest BCUT2D eigenvalue weighted by molar-refractivity contribution is 0.0739. The fourth-order valence-electron chi connectivity index (χ4n) is 3.47. The van der Waals surface area contributed by atoms with Crippen LogP contribution in [-0.2, 0) is 0 Å². The molecule has 2 heterocycles. The summed E-state index contributed by atoms with van der Waals surface area (Å²) in [5.74, 6) is -4.82. The van der Waals surface area contributed by atoms with E-state index in [2.05, 4.69) is 10.3 Å². The molecule has 0 aliphatic carbocycles. The van der Waals surface area contributed by atoms with E-state index in [1.807, 2.05) is 4.90 Å². The van der Waals surface area contributed by atoms with E-state index < -0.39 is 40.6 Å². The minimum Gasteiger partial charge on any atom is -0.353 e. The Labute approximate surface area is 186 Å². The summed E-state index contributed by atoms with van der Waals surface area (Å²) in [6, 6.07) is 9.56. The molecule has 2 aromatic carbocycles. The van der Waals surface area contributed by atoms with E-state index in [1.54, 1.807) is 12.1 Å². The molecule has 1 fully saturated rings. The molecule has 170 valence electrons. The maximum absolute atomic E-state index is 13.9. The zero-order valence-electron chi connectivity index (χ0n) is 17.2. The number of anilines is 2. The molecule has 2 amide bonds. The van der Waals surface area contributed by atoms with Gasteiger partial charge < -0.3 is 15.1 Å². The number of hydrogen-bond acceptors (Lipinski definition) is 4. The summed E-state index contributed by atoms with van der Waals surface area (Å²) in [5, 5.41) is 2.67. The molecule has 1 N–H and O–H groups in total. The maximum Gasteiger partial charge on any atom is 0.257 e. The highest BCUT2D eigenvalue weighted by Crippen LogP contribution is 2.20. The molecule has 33 heavy (non-hydrogen) atoms. The quantitative estimate of drug-likeness (QED) is 0.477. The first kappa shape index (κ1) is 22.3. The molecule has 3 aromatic rings. The zero-order valence-corrected chi connectivity index (χ0v) is 17.2. The number of amides is 2. The molecule has 1 aromatic heterocycles. The van der Waals surface area contributed by atoms with Gasteiger partial charge in [0.25, 0.3) is 11.8 Å². The largest absolute Gasteiger partial charge is 0.353 e. The average molecular weight is 458 g/mol. The summed E-state index contributed by atoms with van der Waals surface area (Å²) in [6.45, 7) is 1.17. The third-order valence-electron chi connectivity index (χ3n) is 5.23. The minimum atomic E-state index is -1.41. The number of pyridine rings is 1. The number of rotatable bonds is 4. The van der Waals surface area contributed by atoms with Gasteiger partial charge in [0, 0.05) is 37.8 Å². The first-order valence-corrected chi connectivity index (χ1v) is 10.0. The van der Waals surface area contributed by atoms with Crippen molar-refractivity contribution < 1.29 is 27.2 Å². The number of carbonyl (C=O) groups excluding carboxylic acids is 2. The van der Waals surface area contributed by atoms with Crippen molar-refractivity contribution in [2.75, 3.05) is 36.4 Å². The predicted molar refractivity (Wildman–Crippen MR) is 113 cm³/mol. The third-order valence-corrected chi connectivity index (χ3v) is 5.23. The molecule has 1 saturated heterocycles. The predicted octanol–water partition coefficient (Wildman–Crippen LogP) is 3.85. The van der Waals surface area contributed by atoms with Gasteiger partial charge in [-0.1, -0.05) is 0 Å². The van der Waals surface area contributed by atoms with Crippen LogP contribution in [0.5, 0.6) is 0 Å². The van der Waals surface area contributed by atoms with E-state index in [1.165, 1.54) is 35.4 Å². The number of aromatic nitrogens is 1. The number of piperazine rings is 1. The first-order chi connectivity index (χ1) is 15.8. The molecule has 0 bridgehead atoms. The van der Waals surface area contributed by atoms with E-state index in [-0.39, 0.29) is 13.1 Å². The number of nitrogens with zero attached hydrogens (tertiary/aromatic N) is 3. The highest BCUT2D eigenvalue weighted by Gasteiger charge is 2.26. The molecule has 1 aliphatic heterocycles. The summed E-state index contributed by atoms with van der Waals surface area (Å²) in [5.41, 5.74) is 0.113. The van der Waals surface area contributed by atoms with Crippen LogP contribution >= 0.6 is 0 Å². The van der Waals surface area contributed by atoms with Gasteiger partial charge in [-0.15, -0.1) is 0 Å². The van der Waals surface area contributed by atoms with Crippen molar-refractivity contribution in [2.45, 2.75) is 0 Å². The Morgan fingerprint density at radius 2 is 1.55 bits per heavy atom. The van der Waals surface area contributed by atoms with Gasteiger partial charge in [0.15, 0.2) is 11.6 Å². The summed E-state index contributed by atoms with van der Waals surface area (Å²) < 4.78 is 53.8. The lowest BCUT2D eigenvalue weighted by Crippen LogP contribution is -2.49. The molecule has 0 unspecified atom stereocenters. The normalized spacial score (nSPS) is 13.7. The maximum atomic E-state index is 13.9. The SMILES string of the molecule is O=C(Nc1ccc(N2CCN(C(=O)c3cc(F)cc(F)c3F)CC2)nc1)c1ccc(F)cc1. The Morgan fingerprint density at radius 3 is 2.18 bits per heavy atom. The van der Waals surface area contributed by atoms with Gasteiger partial charge in [-0.2, -0.15) is 0 Å². The summed E-state index contributed by atoms with van der Waals surface area (Å²) in [4.78, 5) is 32.2. The smallest absolute Gasteiger partial charge is 0.257 e. The van der Waals surface area contributed by atoms with E-state index in [0.29, 0.717) is 42.3 Å². The van der Waals surface area contributed by atoms with E-state index >= 15 is 0 Å². The van der Waals surface area contributed by atoms with Gasteiger partial charge in [0.2, 0.25) is 0 Å². The molecule has 4 rings (SSSR count). The van der Waals surface area contributed by atoms with Crippen LogP contribution in [-0.4, -0.2) is 47.9 Å². The Bertz CT molecular complexity index is 1180. The lowest BCUT2D eigenvalue weighted by atomic mass is 10.1. The molecule has 0 spiro atoms. The summed E-state index contributed by atoms with van der Waals surface area (Å²) in [6.07, 6.45) is 1.47. The van der Waals surface area contributed by atoms with Crippen LogP contribution in [0.2, 0.25) is 0 Å². The second-order valence-electron chi connectivity index (χ2n) is 7.39. The second kappa shape index (κ2) is 9.27. The van der Waals surface area contributed by atoms with Gasteiger partial charge in [0.1, 0.15) is 17.5 Å². The van der Waals surface area contributed by atoms with Crippen LogP contribution in [0.3, 0.4) is 0 Å². The van der Waals surface area contributed by atoms with Crippen LogP contribution in [0.1, 0.15) is 20.7 Å². The standard InChI is InChI=1S/C23H18F4N4O2/c24-15-3-1-14(2-4-15)22(32)29-17-5-6-20(28-13-17)30-7-9-31(10-8-30)23(33)18-11-16(25)12-19(26)21(18)27/h1-6,11-13H,7-10H2,(H,29,32). The van der Waals surface area contributed by atoms with Crippen LogP contribution < -0.4 is 10.2 Å². The number of hydrogen-bond donors (Lipinski definition) is 1. The van der Waals surface area contributed by atoms with E-state index in [9.17, 15) is 27.2 Å². The van der Waals surface area contributed by atoms with Crippen molar-refractivity contribution in [1.82, 2.24) is 9.88 Å². The summed E-state index contributed by atoms with van der Waals surface area (Å²) in [7, 11) is 0. The summed E-state index contributed by atoms with van der Waals surface area (Å²) >= 11 is 0. The highest BCUT2D eigenvalue weighted by atomic mass is 19.2. The molecule has 0 atom stereocenters. The Morgan fingerprint density at radius 1 is 0.848 bits per heavy atom. The van der Waals surface area contributed by atoms with Crippen LogP contribution in [0, 0.1) is 23.3 Å². The van der Waals surface area contributed by atoms with Crippen LogP contribution in [0.4, 0.5) is 29.1 Å². The van der Waals surface area contributed by atoms with Gasteiger partial charge in [-0.05, 0) is 42.5 Å². The van der Waals surface area contributed by atoms with Crippen LogP contribution in [0.15, 0.2) is 54.7 Å². The molecular weight excluding hydrogens is 440 g/mol. The second-order valence-corrected chi connectivity index (χ2v) is 7.39. The average Bonchev–Trinajstić information content (AvgIpc) is 2.82. The molecule has 10 heteroatoms. The van der Waals surface area contributed by atoms with Gasteiger partial charge in [-0.25, -0.2) is 22.5 Å². The fourth-order valence-corrected chi connectivity index (χ4v) is 3.47. The third kappa shape index (κ3) is 4.94. The molecule has 6 nitrogen and oxygen atoms in total. The molecular formula is C23H18F4N4O2. The van der Waals surface area contributed by atoms with Crippen molar-refractivity contribution in [1.29, 1.82) is 0 Å². The monoisotopic (exact) mass is 458 g/mol. The Hall–Kier alpha value is -3.95. The Kier molecular flexibility index (Phi) is 6.25. The van der Waals surface area contributed by atoms with E-state index in [4.69, 9.17) is 0 Å². The van der Waals surface area contributed by atoms with Crippen LogP contribution in [0.25, 0.3) is 0 Å².